The van der Waals surface area contributed by atoms with Crippen LogP contribution in [0.5, 0.6) is 5.75 Å². The molecule has 112 valence electrons. The van der Waals surface area contributed by atoms with Crippen molar-refractivity contribution in [3.05, 3.63) is 29.3 Å². The van der Waals surface area contributed by atoms with E-state index in [-0.39, 0.29) is 17.1 Å². The van der Waals surface area contributed by atoms with Crippen LogP contribution in [0.3, 0.4) is 0 Å². The third-order valence-corrected chi connectivity index (χ3v) is 6.30. The van der Waals surface area contributed by atoms with Gasteiger partial charge in [-0.25, -0.2) is 0 Å². The van der Waals surface area contributed by atoms with Crippen LogP contribution >= 0.6 is 0 Å². The molecule has 1 aliphatic heterocycles. The number of rotatable bonds is 0. The second-order valence-electron chi connectivity index (χ2n) is 7.55. The van der Waals surface area contributed by atoms with Crippen LogP contribution in [-0.2, 0) is 11.2 Å². The van der Waals surface area contributed by atoms with Crippen LogP contribution in [0.2, 0.25) is 0 Å². The van der Waals surface area contributed by atoms with Crippen molar-refractivity contribution in [2.24, 2.45) is 11.3 Å². The number of phenolic OH excluding ortho intramolecular Hbond substituents is 1. The molecule has 2 bridgehead atoms. The van der Waals surface area contributed by atoms with Crippen LogP contribution in [0, 0.1) is 11.3 Å². The Balaban J connectivity index is 1.80. The molecule has 1 spiro atoms. The summed E-state index contributed by atoms with van der Waals surface area (Å²) < 4.78 is 0. The van der Waals surface area contributed by atoms with Gasteiger partial charge in [-0.1, -0.05) is 6.07 Å². The van der Waals surface area contributed by atoms with Crippen LogP contribution in [0.25, 0.3) is 0 Å². The Morgan fingerprint density at radius 1 is 1.38 bits per heavy atom. The Bertz CT molecular complexity index is 611. The zero-order valence-electron chi connectivity index (χ0n) is 12.8. The van der Waals surface area contributed by atoms with E-state index < -0.39 is 0 Å². The number of hydrogen-bond donors (Lipinski definition) is 1. The predicted octanol–water partition coefficient (Wildman–Crippen LogP) is 2.72. The van der Waals surface area contributed by atoms with Crippen molar-refractivity contribution in [3.8, 4) is 5.75 Å². The minimum Gasteiger partial charge on any atom is -0.508 e. The van der Waals surface area contributed by atoms with Crippen LogP contribution in [0.4, 0.5) is 0 Å². The molecule has 21 heavy (non-hydrogen) atoms. The monoisotopic (exact) mass is 285 g/mol. The highest BCUT2D eigenvalue weighted by Gasteiger charge is 2.53. The molecule has 3 nitrogen and oxygen atoms in total. The average Bonchev–Trinajstić information content (AvgIpc) is 2.43. The van der Waals surface area contributed by atoms with Gasteiger partial charge in [0.05, 0.1) is 0 Å². The van der Waals surface area contributed by atoms with E-state index in [1.54, 1.807) is 6.07 Å². The molecule has 3 heteroatoms. The van der Waals surface area contributed by atoms with E-state index in [1.807, 2.05) is 12.1 Å². The Kier molecular flexibility index (Phi) is 2.74. The number of carbonyl (C=O) groups excluding carboxylic acids is 1. The van der Waals surface area contributed by atoms with E-state index >= 15 is 0 Å². The molecular formula is C18H23NO2. The summed E-state index contributed by atoms with van der Waals surface area (Å²) in [6.45, 7) is 3.38. The molecule has 1 saturated carbocycles. The Morgan fingerprint density at radius 2 is 2.19 bits per heavy atom. The first kappa shape index (κ1) is 13.3. The summed E-state index contributed by atoms with van der Waals surface area (Å²) in [4.78, 5) is 15.1. The standard InChI is InChI=1S/C18H23NO2/c1-11-5-13-6-17(21)16-9-18(13,10-19(11)2)8-12-3-4-14(20)7-15(12)16/h3-4,7,11,13,16,20H,5-6,8-10H2,1-2H3/t11-,13-,16-,18-/m1/s1. The summed E-state index contributed by atoms with van der Waals surface area (Å²) in [5, 5.41) is 9.76. The molecule has 1 N–H and O–H groups in total. The number of hydrogen-bond acceptors (Lipinski definition) is 3. The van der Waals surface area contributed by atoms with Gasteiger partial charge in [0, 0.05) is 24.9 Å². The molecule has 1 aromatic rings. The molecule has 0 radical (unpaired) electrons. The highest BCUT2D eigenvalue weighted by Crippen LogP contribution is 2.56. The van der Waals surface area contributed by atoms with Gasteiger partial charge in [-0.15, -0.1) is 0 Å². The molecule has 1 saturated heterocycles. The summed E-state index contributed by atoms with van der Waals surface area (Å²) in [5.74, 6) is 1.22. The third-order valence-electron chi connectivity index (χ3n) is 6.30. The number of piperidine rings is 1. The Labute approximate surface area is 126 Å². The molecule has 2 aliphatic carbocycles. The van der Waals surface area contributed by atoms with E-state index in [0.717, 1.165) is 37.8 Å². The minimum absolute atomic E-state index is 0.0129. The summed E-state index contributed by atoms with van der Waals surface area (Å²) in [7, 11) is 2.22. The highest BCUT2D eigenvalue weighted by atomic mass is 16.3. The maximum atomic E-state index is 12.6. The number of aromatic hydroxyl groups is 1. The lowest BCUT2D eigenvalue weighted by Crippen LogP contribution is -2.57. The first-order chi connectivity index (χ1) is 9.98. The van der Waals surface area contributed by atoms with Crippen LogP contribution in [0.15, 0.2) is 18.2 Å². The molecule has 4 rings (SSSR count). The quantitative estimate of drug-likeness (QED) is 0.797. The van der Waals surface area contributed by atoms with Gasteiger partial charge in [0.25, 0.3) is 0 Å². The maximum absolute atomic E-state index is 12.6. The zero-order valence-corrected chi connectivity index (χ0v) is 12.8. The molecule has 0 aromatic heterocycles. The molecular weight excluding hydrogens is 262 g/mol. The Hall–Kier alpha value is -1.35. The summed E-state index contributed by atoms with van der Waals surface area (Å²) in [6.07, 6.45) is 3.92. The normalized spacial score (nSPS) is 38.8. The zero-order chi connectivity index (χ0) is 14.8. The molecule has 2 fully saturated rings. The number of ketones is 1. The molecule has 4 atom stereocenters. The first-order valence-corrected chi connectivity index (χ1v) is 8.03. The number of Topliss-reactive ketones (excluding diaryl/α,β-unsaturated/α-hetero) is 1. The van der Waals surface area contributed by atoms with Crippen LogP contribution in [-0.4, -0.2) is 35.4 Å². The first-order valence-electron chi connectivity index (χ1n) is 8.03. The maximum Gasteiger partial charge on any atom is 0.140 e. The number of benzene rings is 1. The fraction of sp³-hybridized carbons (Fsp3) is 0.611. The number of phenols is 1. The second-order valence-corrected chi connectivity index (χ2v) is 7.55. The minimum atomic E-state index is 0.0129. The Morgan fingerprint density at radius 3 is 3.00 bits per heavy atom. The van der Waals surface area contributed by atoms with Crippen LogP contribution in [0.1, 0.15) is 43.2 Å². The van der Waals surface area contributed by atoms with Crippen molar-refractivity contribution in [1.29, 1.82) is 0 Å². The number of likely N-dealkylation sites (tertiary alicyclic amines) is 1. The van der Waals surface area contributed by atoms with Gasteiger partial charge in [-0.05, 0) is 67.8 Å². The summed E-state index contributed by atoms with van der Waals surface area (Å²) >= 11 is 0. The molecule has 0 amide bonds. The smallest absolute Gasteiger partial charge is 0.140 e. The van der Waals surface area contributed by atoms with Crippen LogP contribution < -0.4 is 0 Å². The van der Waals surface area contributed by atoms with E-state index in [4.69, 9.17) is 0 Å². The predicted molar refractivity (Wildman–Crippen MR) is 81.4 cm³/mol. The lowest BCUT2D eigenvalue weighted by atomic mass is 9.52. The van der Waals surface area contributed by atoms with Crippen molar-refractivity contribution >= 4 is 5.78 Å². The number of nitrogens with zero attached hydrogens (tertiary/aromatic N) is 1. The van der Waals surface area contributed by atoms with E-state index in [9.17, 15) is 9.90 Å². The lowest BCUT2D eigenvalue weighted by Gasteiger charge is -2.56. The van der Waals surface area contributed by atoms with Crippen molar-refractivity contribution < 1.29 is 9.90 Å². The van der Waals surface area contributed by atoms with Crippen molar-refractivity contribution in [2.45, 2.75) is 44.6 Å². The highest BCUT2D eigenvalue weighted by molar-refractivity contribution is 5.88. The van der Waals surface area contributed by atoms with Gasteiger partial charge in [0.1, 0.15) is 11.5 Å². The third kappa shape index (κ3) is 1.87. The summed E-state index contributed by atoms with van der Waals surface area (Å²) in [5.41, 5.74) is 2.64. The van der Waals surface area contributed by atoms with E-state index in [0.29, 0.717) is 17.7 Å². The van der Waals surface area contributed by atoms with E-state index in [1.165, 1.54) is 5.56 Å². The lowest BCUT2D eigenvalue weighted by molar-refractivity contribution is -0.132. The number of fused-ring (bicyclic) bond motifs is 3. The van der Waals surface area contributed by atoms with E-state index in [2.05, 4.69) is 18.9 Å². The molecule has 1 heterocycles. The SMILES string of the molecule is C[C@@H]1C[C@@H]2CC(=O)[C@@H]3C[C@]2(Cc2ccc(O)cc23)CN1C. The second kappa shape index (κ2) is 4.33. The van der Waals surface area contributed by atoms with Crippen molar-refractivity contribution in [3.63, 3.8) is 0 Å². The molecule has 0 unspecified atom stereocenters. The van der Waals surface area contributed by atoms with Crippen molar-refractivity contribution in [1.82, 2.24) is 4.90 Å². The van der Waals surface area contributed by atoms with Gasteiger partial charge in [-0.2, -0.15) is 0 Å². The van der Waals surface area contributed by atoms with Gasteiger partial charge in [0.15, 0.2) is 0 Å². The number of carbonyl (C=O) groups is 1. The van der Waals surface area contributed by atoms with Gasteiger partial charge < -0.3 is 10.0 Å². The van der Waals surface area contributed by atoms with Gasteiger partial charge in [0.2, 0.25) is 0 Å². The fourth-order valence-corrected chi connectivity index (χ4v) is 5.06. The fourth-order valence-electron chi connectivity index (χ4n) is 5.06. The van der Waals surface area contributed by atoms with Crippen molar-refractivity contribution in [2.75, 3.05) is 13.6 Å². The average molecular weight is 285 g/mol. The molecule has 3 aliphatic rings. The molecule has 1 aromatic carbocycles. The topological polar surface area (TPSA) is 40.5 Å². The largest absolute Gasteiger partial charge is 0.508 e. The summed E-state index contributed by atoms with van der Waals surface area (Å²) in [6, 6.07) is 6.20. The van der Waals surface area contributed by atoms with Gasteiger partial charge in [-0.3, -0.25) is 4.79 Å². The van der Waals surface area contributed by atoms with Gasteiger partial charge >= 0.3 is 0 Å².